The second-order valence-electron chi connectivity index (χ2n) is 9.14. The summed E-state index contributed by atoms with van der Waals surface area (Å²) in [6, 6.07) is 5.04. The van der Waals surface area contributed by atoms with E-state index in [0.717, 1.165) is 12.0 Å². The molecule has 10 heteroatoms. The van der Waals surface area contributed by atoms with Crippen molar-refractivity contribution in [2.75, 3.05) is 72.6 Å². The van der Waals surface area contributed by atoms with Crippen molar-refractivity contribution in [3.05, 3.63) is 35.2 Å². The predicted octanol–water partition coefficient (Wildman–Crippen LogP) is 2.52. The maximum Gasteiger partial charge on any atom is 0.223 e. The quantitative estimate of drug-likeness (QED) is 0.270. The molecule has 1 amide bonds. The van der Waals surface area contributed by atoms with Gasteiger partial charge >= 0.3 is 0 Å². The van der Waals surface area contributed by atoms with Crippen molar-refractivity contribution < 1.29 is 38.3 Å². The highest BCUT2D eigenvalue weighted by Crippen LogP contribution is 2.46. The molecule has 0 radical (unpaired) electrons. The Hall–Kier alpha value is -2.26. The highest BCUT2D eigenvalue weighted by Gasteiger charge is 2.49. The Morgan fingerprint density at radius 3 is 2.19 bits per heavy atom. The van der Waals surface area contributed by atoms with Crippen molar-refractivity contribution in [2.45, 2.75) is 44.4 Å². The van der Waals surface area contributed by atoms with Crippen molar-refractivity contribution in [1.82, 2.24) is 4.90 Å². The van der Waals surface area contributed by atoms with Crippen LogP contribution in [0.5, 0.6) is 5.75 Å². The number of aliphatic hydroxyl groups is 1. The molecular formula is C26H38N2O8. The van der Waals surface area contributed by atoms with Crippen LogP contribution in [-0.4, -0.2) is 100 Å². The standard InChI is InChI=1S/C26H38N2O8/c1-26(2)25(35-18-17-34-16-15-33-14-13-32-12-11-31-10-9-29)24(28-8-4-5-23(28)30)21-19-20(27-3)6-7-22(21)36-26/h6-7,19,24-25,29H,4-5,8-18H2,1-2H3/t24-,25+/m1/s1. The van der Waals surface area contributed by atoms with Gasteiger partial charge in [-0.3, -0.25) is 4.79 Å². The Kier molecular flexibility index (Phi) is 11.4. The molecule has 0 saturated carbocycles. The van der Waals surface area contributed by atoms with Crippen LogP contribution in [0.25, 0.3) is 4.85 Å². The molecule has 3 rings (SSSR count). The Bertz CT molecular complexity index is 872. The minimum Gasteiger partial charge on any atom is -0.485 e. The van der Waals surface area contributed by atoms with Gasteiger partial charge in [-0.25, -0.2) is 4.85 Å². The summed E-state index contributed by atoms with van der Waals surface area (Å²) in [5.41, 5.74) is 0.655. The topological polar surface area (TPSA) is 100 Å². The van der Waals surface area contributed by atoms with Gasteiger partial charge in [0, 0.05) is 18.5 Å². The molecule has 36 heavy (non-hydrogen) atoms. The smallest absolute Gasteiger partial charge is 0.223 e. The van der Waals surface area contributed by atoms with E-state index in [1.807, 2.05) is 30.9 Å². The van der Waals surface area contributed by atoms with Gasteiger partial charge in [0.1, 0.15) is 17.5 Å². The Labute approximate surface area is 213 Å². The van der Waals surface area contributed by atoms with Gasteiger partial charge in [-0.05, 0) is 32.4 Å². The average molecular weight is 507 g/mol. The summed E-state index contributed by atoms with van der Waals surface area (Å²) in [4.78, 5) is 18.1. The molecule has 0 aromatic heterocycles. The van der Waals surface area contributed by atoms with Crippen LogP contribution in [0.1, 0.15) is 38.3 Å². The molecule has 0 unspecified atom stereocenters. The van der Waals surface area contributed by atoms with Crippen LogP contribution < -0.4 is 4.74 Å². The van der Waals surface area contributed by atoms with E-state index >= 15 is 0 Å². The summed E-state index contributed by atoms with van der Waals surface area (Å²) in [5, 5.41) is 8.62. The number of aliphatic hydroxyl groups excluding tert-OH is 1. The molecule has 10 nitrogen and oxygen atoms in total. The van der Waals surface area contributed by atoms with Crippen LogP contribution >= 0.6 is 0 Å². The van der Waals surface area contributed by atoms with Crippen molar-refractivity contribution in [1.29, 1.82) is 0 Å². The second kappa shape index (κ2) is 14.5. The lowest BCUT2D eigenvalue weighted by Gasteiger charge is -2.47. The summed E-state index contributed by atoms with van der Waals surface area (Å²) in [7, 11) is 0. The fraction of sp³-hybridized carbons (Fsp3) is 0.692. The monoisotopic (exact) mass is 506 g/mol. The third-order valence-electron chi connectivity index (χ3n) is 6.11. The van der Waals surface area contributed by atoms with E-state index in [4.69, 9.17) is 40.1 Å². The third-order valence-corrected chi connectivity index (χ3v) is 6.11. The van der Waals surface area contributed by atoms with Crippen molar-refractivity contribution in [2.24, 2.45) is 0 Å². The summed E-state index contributed by atoms with van der Waals surface area (Å²) in [6.45, 7) is 15.8. The Balaban J connectivity index is 1.44. The number of carbonyl (C=O) groups excluding carboxylic acids is 1. The highest BCUT2D eigenvalue weighted by atomic mass is 16.6. The van der Waals surface area contributed by atoms with Crippen LogP contribution in [0.3, 0.4) is 0 Å². The first-order valence-electron chi connectivity index (χ1n) is 12.5. The van der Waals surface area contributed by atoms with E-state index in [2.05, 4.69) is 4.85 Å². The maximum absolute atomic E-state index is 12.7. The normalized spacial score (nSPS) is 20.7. The number of likely N-dealkylation sites (tertiary alicyclic amines) is 1. The maximum atomic E-state index is 12.7. The third kappa shape index (κ3) is 7.87. The molecule has 2 aliphatic heterocycles. The van der Waals surface area contributed by atoms with E-state index in [-0.39, 0.29) is 18.6 Å². The zero-order valence-corrected chi connectivity index (χ0v) is 21.3. The van der Waals surface area contributed by atoms with E-state index in [1.54, 1.807) is 6.07 Å². The minimum atomic E-state index is -0.674. The molecule has 2 heterocycles. The van der Waals surface area contributed by atoms with Crippen molar-refractivity contribution >= 4 is 11.6 Å². The molecule has 1 saturated heterocycles. The number of ether oxygens (including phenoxy) is 6. The molecule has 1 aromatic rings. The minimum absolute atomic E-state index is 0.0110. The van der Waals surface area contributed by atoms with E-state index in [9.17, 15) is 4.79 Å². The number of nitrogens with zero attached hydrogens (tertiary/aromatic N) is 2. The first-order chi connectivity index (χ1) is 17.5. The Morgan fingerprint density at radius 1 is 1.03 bits per heavy atom. The van der Waals surface area contributed by atoms with Crippen molar-refractivity contribution in [3.8, 4) is 5.75 Å². The van der Waals surface area contributed by atoms with E-state index in [1.165, 1.54) is 0 Å². The van der Waals surface area contributed by atoms with Gasteiger partial charge in [0.2, 0.25) is 5.91 Å². The molecule has 200 valence electrons. The molecule has 2 atom stereocenters. The second-order valence-corrected chi connectivity index (χ2v) is 9.14. The zero-order chi connectivity index (χ0) is 25.8. The van der Waals surface area contributed by atoms with Gasteiger partial charge in [-0.15, -0.1) is 0 Å². The van der Waals surface area contributed by atoms with Gasteiger partial charge in [0.15, 0.2) is 5.69 Å². The summed E-state index contributed by atoms with van der Waals surface area (Å²) in [6.07, 6.45) is 0.923. The SMILES string of the molecule is [C-]#[N+]c1ccc2c(c1)[C@@H](N1CCCC1=O)[C@H](OCCOCCOCCOCCOCCO)C(C)(C)O2. The number of fused-ring (bicyclic) bond motifs is 1. The highest BCUT2D eigenvalue weighted by molar-refractivity contribution is 5.79. The van der Waals surface area contributed by atoms with Gasteiger partial charge in [0.25, 0.3) is 0 Å². The lowest BCUT2D eigenvalue weighted by molar-refractivity contribution is -0.151. The predicted molar refractivity (Wildman–Crippen MR) is 131 cm³/mol. The number of hydrogen-bond donors (Lipinski definition) is 1. The molecule has 0 spiro atoms. The van der Waals surface area contributed by atoms with Crippen LogP contribution in [0.2, 0.25) is 0 Å². The van der Waals surface area contributed by atoms with Crippen LogP contribution in [-0.2, 0) is 28.5 Å². The molecule has 1 fully saturated rings. The summed E-state index contributed by atoms with van der Waals surface area (Å²) < 4.78 is 34.2. The lowest BCUT2D eigenvalue weighted by atomic mass is 9.85. The largest absolute Gasteiger partial charge is 0.485 e. The molecule has 0 bridgehead atoms. The molecular weight excluding hydrogens is 468 g/mol. The number of rotatable bonds is 16. The van der Waals surface area contributed by atoms with Crippen LogP contribution in [0.4, 0.5) is 5.69 Å². The van der Waals surface area contributed by atoms with Gasteiger partial charge in [0.05, 0.1) is 78.7 Å². The molecule has 1 N–H and O–H groups in total. The fourth-order valence-electron chi connectivity index (χ4n) is 4.46. The molecule has 0 aliphatic carbocycles. The van der Waals surface area contributed by atoms with Crippen LogP contribution in [0, 0.1) is 6.57 Å². The Morgan fingerprint density at radius 2 is 1.64 bits per heavy atom. The lowest BCUT2D eigenvalue weighted by Crippen LogP contribution is -2.55. The average Bonchev–Trinajstić information content (AvgIpc) is 3.28. The first-order valence-corrected chi connectivity index (χ1v) is 12.5. The number of amides is 1. The zero-order valence-electron chi connectivity index (χ0n) is 21.3. The summed E-state index contributed by atoms with van der Waals surface area (Å²) in [5.74, 6) is 0.785. The number of hydrogen-bond acceptors (Lipinski definition) is 8. The summed E-state index contributed by atoms with van der Waals surface area (Å²) >= 11 is 0. The van der Waals surface area contributed by atoms with Gasteiger partial charge < -0.3 is 38.4 Å². The number of benzene rings is 1. The number of carbonyl (C=O) groups is 1. The van der Waals surface area contributed by atoms with Crippen molar-refractivity contribution in [3.63, 3.8) is 0 Å². The first kappa shape index (κ1) is 28.3. The van der Waals surface area contributed by atoms with E-state index < -0.39 is 11.7 Å². The molecule has 1 aromatic carbocycles. The van der Waals surface area contributed by atoms with Crippen LogP contribution in [0.15, 0.2) is 18.2 Å². The van der Waals surface area contributed by atoms with Gasteiger partial charge in [-0.1, -0.05) is 6.07 Å². The van der Waals surface area contributed by atoms with E-state index in [0.29, 0.717) is 83.9 Å². The van der Waals surface area contributed by atoms with Gasteiger partial charge in [-0.2, -0.15) is 0 Å². The fourth-order valence-corrected chi connectivity index (χ4v) is 4.46. The molecule has 2 aliphatic rings.